The molecule has 1 atom stereocenters. The maximum Gasteiger partial charge on any atom is 0.181 e. The van der Waals surface area contributed by atoms with Crippen LogP contribution in [-0.4, -0.2) is 33.5 Å². The number of phenols is 1. The number of rotatable bonds is 7. The molecule has 7 nitrogen and oxygen atoms in total. The molecule has 0 aliphatic heterocycles. The van der Waals surface area contributed by atoms with Crippen molar-refractivity contribution in [3.63, 3.8) is 0 Å². The van der Waals surface area contributed by atoms with Gasteiger partial charge in [0.15, 0.2) is 17.3 Å². The summed E-state index contributed by atoms with van der Waals surface area (Å²) in [6.45, 7) is 4.94. The van der Waals surface area contributed by atoms with Gasteiger partial charge >= 0.3 is 0 Å². The van der Waals surface area contributed by atoms with Crippen molar-refractivity contribution in [2.45, 2.75) is 19.9 Å². The first-order valence-corrected chi connectivity index (χ1v) is 8.49. The maximum atomic E-state index is 9.39. The Balaban J connectivity index is 1.86. The van der Waals surface area contributed by atoms with Crippen LogP contribution in [0.1, 0.15) is 31.3 Å². The molecule has 1 unspecified atom stereocenters. The van der Waals surface area contributed by atoms with E-state index in [4.69, 9.17) is 15.2 Å². The molecule has 7 heteroatoms. The Morgan fingerprint density at radius 2 is 1.73 bits per heavy atom. The second kappa shape index (κ2) is 7.88. The molecule has 3 aromatic rings. The van der Waals surface area contributed by atoms with Crippen molar-refractivity contribution in [3.8, 4) is 28.6 Å². The van der Waals surface area contributed by atoms with Gasteiger partial charge in [-0.25, -0.2) is 4.98 Å². The second-order valence-electron chi connectivity index (χ2n) is 5.64. The summed E-state index contributed by atoms with van der Waals surface area (Å²) in [6.07, 6.45) is 0. The van der Waals surface area contributed by atoms with Crippen LogP contribution in [0.25, 0.3) is 11.4 Å². The topological polar surface area (TPSA) is 106 Å². The molecule has 0 aliphatic carbocycles. The van der Waals surface area contributed by atoms with Crippen LogP contribution in [0.5, 0.6) is 17.2 Å². The fourth-order valence-electron chi connectivity index (χ4n) is 2.57. The van der Waals surface area contributed by atoms with Gasteiger partial charge in [-0.05, 0) is 55.8 Å². The number of aromatic nitrogens is 3. The number of benzene rings is 2. The predicted octanol–water partition coefficient (Wildman–Crippen LogP) is 3.02. The molecule has 1 heterocycles. The molecule has 0 fully saturated rings. The Bertz CT molecular complexity index is 861. The minimum absolute atomic E-state index is 0.194. The lowest BCUT2D eigenvalue weighted by atomic mass is 10.1. The third kappa shape index (κ3) is 3.78. The first-order chi connectivity index (χ1) is 12.6. The number of hydrogen-bond donors (Lipinski definition) is 3. The summed E-state index contributed by atoms with van der Waals surface area (Å²) in [4.78, 5) is 4.48. The third-order valence-electron chi connectivity index (χ3n) is 3.85. The van der Waals surface area contributed by atoms with E-state index in [1.165, 1.54) is 0 Å². The van der Waals surface area contributed by atoms with Crippen LogP contribution in [-0.2, 0) is 0 Å². The Morgan fingerprint density at radius 1 is 1.04 bits per heavy atom. The number of aromatic hydroxyl groups is 1. The van der Waals surface area contributed by atoms with Crippen molar-refractivity contribution >= 4 is 0 Å². The number of H-pyrrole nitrogens is 1. The quantitative estimate of drug-likeness (QED) is 0.602. The molecule has 26 heavy (non-hydrogen) atoms. The lowest BCUT2D eigenvalue weighted by Crippen LogP contribution is -2.14. The van der Waals surface area contributed by atoms with Gasteiger partial charge in [-0.3, -0.25) is 5.10 Å². The van der Waals surface area contributed by atoms with Gasteiger partial charge in [-0.15, -0.1) is 0 Å². The molecule has 0 amide bonds. The third-order valence-corrected chi connectivity index (χ3v) is 3.85. The summed E-state index contributed by atoms with van der Waals surface area (Å²) in [5.74, 6) is 2.60. The van der Waals surface area contributed by atoms with E-state index in [9.17, 15) is 5.11 Å². The largest absolute Gasteiger partial charge is 0.508 e. The Labute approximate surface area is 151 Å². The molecular weight excluding hydrogens is 332 g/mol. The Morgan fingerprint density at radius 3 is 2.42 bits per heavy atom. The van der Waals surface area contributed by atoms with Crippen LogP contribution in [0.3, 0.4) is 0 Å². The summed E-state index contributed by atoms with van der Waals surface area (Å²) in [7, 11) is 0. The van der Waals surface area contributed by atoms with E-state index in [1.54, 1.807) is 24.3 Å². The summed E-state index contributed by atoms with van der Waals surface area (Å²) >= 11 is 0. The van der Waals surface area contributed by atoms with Gasteiger partial charge in [0, 0.05) is 5.56 Å². The van der Waals surface area contributed by atoms with Crippen molar-refractivity contribution < 1.29 is 14.6 Å². The van der Waals surface area contributed by atoms with Crippen LogP contribution < -0.4 is 15.2 Å². The SMILES string of the molecule is CCOc1ccc(C(N)c2nc(-c3ccc(O)cc3)n[nH]2)cc1OCC. The van der Waals surface area contributed by atoms with E-state index in [2.05, 4.69) is 15.2 Å². The van der Waals surface area contributed by atoms with Crippen LogP contribution in [0, 0.1) is 0 Å². The summed E-state index contributed by atoms with van der Waals surface area (Å²) in [5.41, 5.74) is 7.98. The van der Waals surface area contributed by atoms with E-state index >= 15 is 0 Å². The lowest BCUT2D eigenvalue weighted by Gasteiger charge is -2.14. The number of phenolic OH excluding ortho intramolecular Hbond substituents is 1. The molecule has 0 saturated carbocycles. The van der Waals surface area contributed by atoms with Gasteiger partial charge < -0.3 is 20.3 Å². The van der Waals surface area contributed by atoms with E-state index in [0.29, 0.717) is 36.4 Å². The van der Waals surface area contributed by atoms with Crippen molar-refractivity contribution in [1.82, 2.24) is 15.2 Å². The number of nitrogens with one attached hydrogen (secondary N) is 1. The molecule has 0 aliphatic rings. The van der Waals surface area contributed by atoms with Crippen molar-refractivity contribution in [2.24, 2.45) is 5.73 Å². The zero-order valence-electron chi connectivity index (χ0n) is 14.8. The fourth-order valence-corrected chi connectivity index (χ4v) is 2.57. The van der Waals surface area contributed by atoms with Gasteiger partial charge in [-0.1, -0.05) is 6.07 Å². The highest BCUT2D eigenvalue weighted by atomic mass is 16.5. The average Bonchev–Trinajstić information content (AvgIpc) is 3.13. The van der Waals surface area contributed by atoms with Gasteiger partial charge in [-0.2, -0.15) is 5.10 Å². The van der Waals surface area contributed by atoms with Crippen molar-refractivity contribution in [2.75, 3.05) is 13.2 Å². The first kappa shape index (κ1) is 17.8. The van der Waals surface area contributed by atoms with Gasteiger partial charge in [0.1, 0.15) is 11.6 Å². The van der Waals surface area contributed by atoms with Gasteiger partial charge in [0.05, 0.1) is 19.3 Å². The normalized spacial score (nSPS) is 12.0. The molecule has 0 saturated heterocycles. The van der Waals surface area contributed by atoms with E-state index in [1.807, 2.05) is 32.0 Å². The Hall–Kier alpha value is -3.06. The number of aromatic amines is 1. The van der Waals surface area contributed by atoms with Crippen LogP contribution >= 0.6 is 0 Å². The van der Waals surface area contributed by atoms with E-state index in [-0.39, 0.29) is 5.75 Å². The highest BCUT2D eigenvalue weighted by Crippen LogP contribution is 2.31. The number of ether oxygens (including phenoxy) is 2. The minimum atomic E-state index is -0.483. The summed E-state index contributed by atoms with van der Waals surface area (Å²) in [5, 5.41) is 16.5. The smallest absolute Gasteiger partial charge is 0.181 e. The number of hydrogen-bond acceptors (Lipinski definition) is 6. The molecule has 136 valence electrons. The molecule has 0 radical (unpaired) electrons. The molecule has 0 spiro atoms. The number of nitrogens with two attached hydrogens (primary N) is 1. The van der Waals surface area contributed by atoms with Gasteiger partial charge in [0.2, 0.25) is 0 Å². The molecule has 3 rings (SSSR count). The monoisotopic (exact) mass is 354 g/mol. The standard InChI is InChI=1S/C19H22N4O3/c1-3-25-15-10-7-13(11-16(15)26-4-2)17(20)19-21-18(22-23-19)12-5-8-14(24)9-6-12/h5-11,17,24H,3-4,20H2,1-2H3,(H,21,22,23). The fraction of sp³-hybridized carbons (Fsp3) is 0.263. The number of nitrogens with zero attached hydrogens (tertiary/aromatic N) is 2. The van der Waals surface area contributed by atoms with Crippen LogP contribution in [0.4, 0.5) is 0 Å². The molecule has 0 bridgehead atoms. The van der Waals surface area contributed by atoms with Crippen LogP contribution in [0.15, 0.2) is 42.5 Å². The van der Waals surface area contributed by atoms with E-state index in [0.717, 1.165) is 11.1 Å². The molecule has 2 aromatic carbocycles. The minimum Gasteiger partial charge on any atom is -0.508 e. The highest BCUT2D eigenvalue weighted by Gasteiger charge is 2.17. The zero-order chi connectivity index (χ0) is 18.5. The first-order valence-electron chi connectivity index (χ1n) is 8.49. The van der Waals surface area contributed by atoms with Crippen molar-refractivity contribution in [3.05, 3.63) is 53.9 Å². The second-order valence-corrected chi connectivity index (χ2v) is 5.64. The molecule has 4 N–H and O–H groups in total. The summed E-state index contributed by atoms with van der Waals surface area (Å²) in [6, 6.07) is 11.8. The highest BCUT2D eigenvalue weighted by molar-refractivity contribution is 5.56. The lowest BCUT2D eigenvalue weighted by molar-refractivity contribution is 0.287. The Kier molecular flexibility index (Phi) is 5.38. The predicted molar refractivity (Wildman–Crippen MR) is 98.3 cm³/mol. The van der Waals surface area contributed by atoms with Crippen molar-refractivity contribution in [1.29, 1.82) is 0 Å². The van der Waals surface area contributed by atoms with Gasteiger partial charge in [0.25, 0.3) is 0 Å². The van der Waals surface area contributed by atoms with E-state index < -0.39 is 6.04 Å². The average molecular weight is 354 g/mol. The molecular formula is C19H22N4O3. The molecule has 1 aromatic heterocycles. The summed E-state index contributed by atoms with van der Waals surface area (Å²) < 4.78 is 11.2. The van der Waals surface area contributed by atoms with Crippen LogP contribution in [0.2, 0.25) is 0 Å². The maximum absolute atomic E-state index is 9.39. The zero-order valence-corrected chi connectivity index (χ0v) is 14.8.